The van der Waals surface area contributed by atoms with E-state index in [-0.39, 0.29) is 0 Å². The van der Waals surface area contributed by atoms with Gasteiger partial charge in [0.05, 0.1) is 0 Å². The SMILES string of the molecule is CCCCCCC(CCC)O[Si](C)(C)C. The van der Waals surface area contributed by atoms with Gasteiger partial charge >= 0.3 is 0 Å². The molecule has 0 aliphatic carbocycles. The number of hydrogen-bond acceptors (Lipinski definition) is 1. The van der Waals surface area contributed by atoms with Gasteiger partial charge in [0.1, 0.15) is 0 Å². The molecule has 15 heavy (non-hydrogen) atoms. The minimum Gasteiger partial charge on any atom is -0.415 e. The fraction of sp³-hybridized carbons (Fsp3) is 1.00. The first kappa shape index (κ1) is 15.2. The van der Waals surface area contributed by atoms with E-state index >= 15 is 0 Å². The van der Waals surface area contributed by atoms with Crippen molar-refractivity contribution in [2.24, 2.45) is 0 Å². The summed E-state index contributed by atoms with van der Waals surface area (Å²) in [6.07, 6.45) is 9.75. The van der Waals surface area contributed by atoms with Crippen LogP contribution in [0.3, 0.4) is 0 Å². The van der Waals surface area contributed by atoms with Gasteiger partial charge in [0.15, 0.2) is 8.32 Å². The minimum atomic E-state index is -1.33. The van der Waals surface area contributed by atoms with Gasteiger partial charge in [-0.05, 0) is 32.5 Å². The van der Waals surface area contributed by atoms with E-state index in [1.165, 1.54) is 44.9 Å². The lowest BCUT2D eigenvalue weighted by atomic mass is 10.1. The van der Waals surface area contributed by atoms with Crippen molar-refractivity contribution < 1.29 is 4.43 Å². The first-order valence-corrected chi connectivity index (χ1v) is 10.1. The molecule has 1 nitrogen and oxygen atoms in total. The molecule has 0 saturated heterocycles. The summed E-state index contributed by atoms with van der Waals surface area (Å²) in [6, 6.07) is 0. The van der Waals surface area contributed by atoms with Crippen LogP contribution in [-0.4, -0.2) is 14.4 Å². The second kappa shape index (κ2) is 8.34. The Morgan fingerprint density at radius 1 is 0.867 bits per heavy atom. The van der Waals surface area contributed by atoms with Gasteiger partial charge in [-0.3, -0.25) is 0 Å². The van der Waals surface area contributed by atoms with Gasteiger partial charge in [0.2, 0.25) is 0 Å². The maximum atomic E-state index is 6.20. The molecular weight excluding hydrogens is 200 g/mol. The van der Waals surface area contributed by atoms with Crippen LogP contribution in [-0.2, 0) is 4.43 Å². The molecule has 0 fully saturated rings. The van der Waals surface area contributed by atoms with Crippen LogP contribution in [0.25, 0.3) is 0 Å². The molecule has 1 atom stereocenters. The number of unbranched alkanes of at least 4 members (excludes halogenated alkanes) is 3. The van der Waals surface area contributed by atoms with Crippen LogP contribution in [0.4, 0.5) is 0 Å². The second-order valence-electron chi connectivity index (χ2n) is 5.49. The smallest absolute Gasteiger partial charge is 0.184 e. The van der Waals surface area contributed by atoms with Crippen molar-refractivity contribution in [2.45, 2.75) is 84.5 Å². The summed E-state index contributed by atoms with van der Waals surface area (Å²) in [5.41, 5.74) is 0. The summed E-state index contributed by atoms with van der Waals surface area (Å²) >= 11 is 0. The second-order valence-corrected chi connectivity index (χ2v) is 9.95. The Morgan fingerprint density at radius 2 is 1.53 bits per heavy atom. The topological polar surface area (TPSA) is 9.23 Å². The van der Waals surface area contributed by atoms with E-state index in [0.29, 0.717) is 6.10 Å². The number of hydrogen-bond donors (Lipinski definition) is 0. The molecule has 0 aromatic carbocycles. The molecule has 0 aliphatic heterocycles. The third kappa shape index (κ3) is 10.5. The molecule has 0 aromatic heterocycles. The van der Waals surface area contributed by atoms with E-state index in [0.717, 1.165) is 0 Å². The van der Waals surface area contributed by atoms with Gasteiger partial charge in [0, 0.05) is 6.10 Å². The van der Waals surface area contributed by atoms with Crippen molar-refractivity contribution in [1.29, 1.82) is 0 Å². The average Bonchev–Trinajstić information content (AvgIpc) is 2.10. The van der Waals surface area contributed by atoms with Crippen molar-refractivity contribution in [1.82, 2.24) is 0 Å². The zero-order valence-corrected chi connectivity index (χ0v) is 12.4. The minimum absolute atomic E-state index is 0.540. The Hall–Kier alpha value is 0.177. The van der Waals surface area contributed by atoms with Crippen molar-refractivity contribution in [3.05, 3.63) is 0 Å². The molecule has 0 bridgehead atoms. The summed E-state index contributed by atoms with van der Waals surface area (Å²) in [7, 11) is -1.33. The average molecular weight is 230 g/mol. The normalized spacial score (nSPS) is 14.2. The predicted octanol–water partition coefficient (Wildman–Crippen LogP) is 4.98. The Kier molecular flexibility index (Phi) is 8.44. The van der Waals surface area contributed by atoms with Crippen LogP contribution in [0.1, 0.15) is 58.8 Å². The fourth-order valence-corrected chi connectivity index (χ4v) is 3.12. The van der Waals surface area contributed by atoms with Crippen LogP contribution < -0.4 is 0 Å². The first-order chi connectivity index (χ1) is 6.99. The van der Waals surface area contributed by atoms with Crippen molar-refractivity contribution in [3.63, 3.8) is 0 Å². The van der Waals surface area contributed by atoms with Gasteiger partial charge in [-0.15, -0.1) is 0 Å². The fourth-order valence-electron chi connectivity index (χ4n) is 1.88. The summed E-state index contributed by atoms with van der Waals surface area (Å²) in [6.45, 7) is 11.4. The molecule has 0 heterocycles. The van der Waals surface area contributed by atoms with E-state index in [4.69, 9.17) is 4.43 Å². The standard InChI is InChI=1S/C13H30OSi/c1-6-8-9-10-12-13(11-7-2)14-15(3,4)5/h13H,6-12H2,1-5H3. The molecule has 0 saturated carbocycles. The molecule has 2 heteroatoms. The van der Waals surface area contributed by atoms with Gasteiger partial charge < -0.3 is 4.43 Å². The highest BCUT2D eigenvalue weighted by molar-refractivity contribution is 6.69. The van der Waals surface area contributed by atoms with E-state index in [9.17, 15) is 0 Å². The molecule has 0 N–H and O–H groups in total. The Morgan fingerprint density at radius 3 is 2.00 bits per heavy atom. The van der Waals surface area contributed by atoms with Gasteiger partial charge in [-0.2, -0.15) is 0 Å². The maximum absolute atomic E-state index is 6.20. The molecule has 0 spiro atoms. The Bertz CT molecular complexity index is 140. The quantitative estimate of drug-likeness (QED) is 0.401. The molecule has 0 radical (unpaired) electrons. The zero-order valence-electron chi connectivity index (χ0n) is 11.4. The monoisotopic (exact) mass is 230 g/mol. The predicted molar refractivity (Wildman–Crippen MR) is 71.9 cm³/mol. The molecule has 0 amide bonds. The summed E-state index contributed by atoms with van der Waals surface area (Å²) in [5, 5.41) is 0. The Labute approximate surface area is 97.7 Å². The zero-order chi connectivity index (χ0) is 11.7. The molecule has 92 valence electrons. The van der Waals surface area contributed by atoms with Crippen LogP contribution >= 0.6 is 0 Å². The van der Waals surface area contributed by atoms with Crippen molar-refractivity contribution in [2.75, 3.05) is 0 Å². The van der Waals surface area contributed by atoms with Crippen molar-refractivity contribution in [3.8, 4) is 0 Å². The molecule has 0 aromatic rings. The van der Waals surface area contributed by atoms with E-state index in [2.05, 4.69) is 33.5 Å². The molecule has 0 aliphatic rings. The highest BCUT2D eigenvalue weighted by Gasteiger charge is 2.19. The van der Waals surface area contributed by atoms with Gasteiger partial charge in [-0.25, -0.2) is 0 Å². The summed E-state index contributed by atoms with van der Waals surface area (Å²) in [4.78, 5) is 0. The number of rotatable bonds is 9. The molecule has 0 rings (SSSR count). The largest absolute Gasteiger partial charge is 0.415 e. The van der Waals surface area contributed by atoms with Crippen LogP contribution in [0.15, 0.2) is 0 Å². The lowest BCUT2D eigenvalue weighted by Crippen LogP contribution is -2.32. The van der Waals surface area contributed by atoms with Gasteiger partial charge in [-0.1, -0.05) is 46.0 Å². The highest BCUT2D eigenvalue weighted by Crippen LogP contribution is 2.17. The summed E-state index contributed by atoms with van der Waals surface area (Å²) in [5.74, 6) is 0. The summed E-state index contributed by atoms with van der Waals surface area (Å²) < 4.78 is 6.20. The Balaban J connectivity index is 3.73. The van der Waals surface area contributed by atoms with Gasteiger partial charge in [0.25, 0.3) is 0 Å². The maximum Gasteiger partial charge on any atom is 0.184 e. The van der Waals surface area contributed by atoms with Crippen LogP contribution in [0.5, 0.6) is 0 Å². The lowest BCUT2D eigenvalue weighted by molar-refractivity contribution is 0.168. The lowest BCUT2D eigenvalue weighted by Gasteiger charge is -2.26. The van der Waals surface area contributed by atoms with E-state index in [1.54, 1.807) is 0 Å². The third-order valence-electron chi connectivity index (χ3n) is 2.51. The highest BCUT2D eigenvalue weighted by atomic mass is 28.4. The van der Waals surface area contributed by atoms with Crippen molar-refractivity contribution >= 4 is 8.32 Å². The van der Waals surface area contributed by atoms with E-state index in [1.807, 2.05) is 0 Å². The first-order valence-electron chi connectivity index (χ1n) is 6.67. The van der Waals surface area contributed by atoms with Crippen LogP contribution in [0.2, 0.25) is 19.6 Å². The molecule has 1 unspecified atom stereocenters. The molecular formula is C13H30OSi. The van der Waals surface area contributed by atoms with Crippen LogP contribution in [0, 0.1) is 0 Å². The van der Waals surface area contributed by atoms with E-state index < -0.39 is 8.32 Å². The third-order valence-corrected chi connectivity index (χ3v) is 3.55.